The minimum atomic E-state index is -4.91. The summed E-state index contributed by atoms with van der Waals surface area (Å²) >= 11 is 0. The van der Waals surface area contributed by atoms with E-state index in [1.807, 2.05) is 13.8 Å². The van der Waals surface area contributed by atoms with Gasteiger partial charge in [0.1, 0.15) is 5.56 Å². The van der Waals surface area contributed by atoms with Crippen molar-refractivity contribution in [1.82, 2.24) is 20.3 Å². The van der Waals surface area contributed by atoms with Crippen molar-refractivity contribution in [2.45, 2.75) is 57.8 Å². The number of carbonyl (C=O) groups excluding carboxylic acids is 2. The molecule has 1 amide bonds. The summed E-state index contributed by atoms with van der Waals surface area (Å²) < 4.78 is 70.4. The third-order valence-electron chi connectivity index (χ3n) is 7.05. The van der Waals surface area contributed by atoms with Crippen molar-refractivity contribution < 1.29 is 35.9 Å². The van der Waals surface area contributed by atoms with Crippen LogP contribution in [0.1, 0.15) is 77.0 Å². The van der Waals surface area contributed by atoms with Gasteiger partial charge in [0.15, 0.2) is 15.5 Å². The predicted octanol–water partition coefficient (Wildman–Crippen LogP) is 4.55. The Labute approximate surface area is 247 Å². The van der Waals surface area contributed by atoms with Gasteiger partial charge in [-0.1, -0.05) is 32.9 Å². The van der Waals surface area contributed by atoms with Gasteiger partial charge in [-0.3, -0.25) is 9.78 Å². The normalized spacial score (nSPS) is 15.3. The monoisotopic (exact) mass is 619 g/mol. The van der Waals surface area contributed by atoms with Crippen LogP contribution >= 0.6 is 0 Å². The molecular formula is C29H32F3N5O5S. The van der Waals surface area contributed by atoms with Crippen LogP contribution in [0.2, 0.25) is 0 Å². The Balaban J connectivity index is 1.55. The van der Waals surface area contributed by atoms with Crippen LogP contribution in [-0.2, 0) is 33.7 Å². The molecule has 0 bridgehead atoms. The number of alkyl halides is 3. The molecule has 1 aliphatic heterocycles. The first-order valence-electron chi connectivity index (χ1n) is 13.7. The van der Waals surface area contributed by atoms with Crippen molar-refractivity contribution in [1.29, 1.82) is 0 Å². The first-order valence-corrected chi connectivity index (χ1v) is 15.4. The van der Waals surface area contributed by atoms with Crippen LogP contribution in [0.4, 0.5) is 19.1 Å². The number of nitrogens with one attached hydrogen (secondary N) is 1. The molecule has 1 N–H and O–H groups in total. The number of benzene rings is 1. The van der Waals surface area contributed by atoms with Crippen LogP contribution < -0.4 is 10.2 Å². The molecule has 0 saturated carbocycles. The number of fused-ring (bicyclic) bond motifs is 1. The summed E-state index contributed by atoms with van der Waals surface area (Å²) in [6.45, 7) is 7.17. The van der Waals surface area contributed by atoms with E-state index < -0.39 is 39.3 Å². The third kappa shape index (κ3) is 6.95. The molecule has 2 aromatic heterocycles. The van der Waals surface area contributed by atoms with Gasteiger partial charge in [-0.05, 0) is 48.6 Å². The molecule has 10 nitrogen and oxygen atoms in total. The number of hydrogen-bond donors (Lipinski definition) is 1. The van der Waals surface area contributed by atoms with Crippen molar-refractivity contribution >= 4 is 27.7 Å². The molecule has 3 heterocycles. The number of nitrogens with zero attached hydrogens (tertiary/aromatic N) is 4. The van der Waals surface area contributed by atoms with E-state index in [0.29, 0.717) is 17.7 Å². The number of ether oxygens (including phenoxy) is 1. The predicted molar refractivity (Wildman–Crippen MR) is 151 cm³/mol. The molecule has 0 radical (unpaired) electrons. The van der Waals surface area contributed by atoms with Crippen molar-refractivity contribution in [2.24, 2.45) is 5.92 Å². The zero-order valence-corrected chi connectivity index (χ0v) is 24.9. The standard InChI is InChI=1S/C29H32F3N5O5S/c1-5-42-27(39)22-16-35-28(36-25(22)29(30,31)32)37-12-11-19-13-20(15-33-23(19)24(37)17(3)4)26(38)34-14-18-7-9-21(10-8-18)43(40,41)6-2/h7-10,13,15-17,24H,5-6,11-12,14H2,1-4H3,(H,34,38). The highest BCUT2D eigenvalue weighted by Crippen LogP contribution is 2.38. The largest absolute Gasteiger partial charge is 0.462 e. The Morgan fingerprint density at radius 2 is 1.81 bits per heavy atom. The van der Waals surface area contributed by atoms with Gasteiger partial charge in [-0.15, -0.1) is 0 Å². The molecule has 0 spiro atoms. The van der Waals surface area contributed by atoms with E-state index in [9.17, 15) is 31.2 Å². The molecule has 1 aromatic carbocycles. The number of hydrogen-bond acceptors (Lipinski definition) is 9. The lowest BCUT2D eigenvalue weighted by Gasteiger charge is -2.39. The lowest BCUT2D eigenvalue weighted by Crippen LogP contribution is -2.40. The third-order valence-corrected chi connectivity index (χ3v) is 8.80. The first kappa shape index (κ1) is 31.9. The minimum Gasteiger partial charge on any atom is -0.462 e. The molecule has 14 heteroatoms. The summed E-state index contributed by atoms with van der Waals surface area (Å²) in [6, 6.07) is 7.51. The summed E-state index contributed by atoms with van der Waals surface area (Å²) in [7, 11) is -3.32. The van der Waals surface area contributed by atoms with Gasteiger partial charge in [0.25, 0.3) is 5.91 Å². The van der Waals surface area contributed by atoms with Crippen LogP contribution in [0, 0.1) is 5.92 Å². The van der Waals surface area contributed by atoms with Gasteiger partial charge in [0.2, 0.25) is 5.95 Å². The number of halogens is 3. The fourth-order valence-electron chi connectivity index (χ4n) is 4.89. The van der Waals surface area contributed by atoms with Gasteiger partial charge >= 0.3 is 12.1 Å². The number of pyridine rings is 1. The molecule has 1 atom stereocenters. The molecule has 3 aromatic rings. The minimum absolute atomic E-state index is 0.00673. The molecule has 4 rings (SSSR count). The lowest BCUT2D eigenvalue weighted by atomic mass is 9.89. The first-order chi connectivity index (χ1) is 20.3. The maximum atomic E-state index is 13.9. The molecule has 1 aliphatic rings. The molecule has 0 fully saturated rings. The Morgan fingerprint density at radius 3 is 2.42 bits per heavy atom. The molecule has 0 saturated heterocycles. The highest BCUT2D eigenvalue weighted by atomic mass is 32.2. The molecule has 230 valence electrons. The summed E-state index contributed by atoms with van der Waals surface area (Å²) in [6.07, 6.45) is -2.29. The van der Waals surface area contributed by atoms with Crippen molar-refractivity contribution in [2.75, 3.05) is 23.8 Å². The zero-order chi connectivity index (χ0) is 31.5. The Bertz CT molecular complexity index is 1610. The quantitative estimate of drug-likeness (QED) is 0.343. The van der Waals surface area contributed by atoms with Crippen LogP contribution in [0.15, 0.2) is 47.6 Å². The second kappa shape index (κ2) is 12.7. The second-order valence-electron chi connectivity index (χ2n) is 10.3. The number of aromatic nitrogens is 3. The van der Waals surface area contributed by atoms with E-state index in [0.717, 1.165) is 17.3 Å². The zero-order valence-electron chi connectivity index (χ0n) is 24.1. The van der Waals surface area contributed by atoms with Gasteiger partial charge in [0.05, 0.1) is 34.6 Å². The average Bonchev–Trinajstić information content (AvgIpc) is 2.98. The number of esters is 1. The van der Waals surface area contributed by atoms with E-state index in [-0.39, 0.29) is 48.1 Å². The summed E-state index contributed by atoms with van der Waals surface area (Å²) in [4.78, 5) is 39.3. The fourth-order valence-corrected chi connectivity index (χ4v) is 5.77. The Morgan fingerprint density at radius 1 is 1.12 bits per heavy atom. The van der Waals surface area contributed by atoms with Gasteiger partial charge in [-0.2, -0.15) is 13.2 Å². The van der Waals surface area contributed by atoms with Crippen LogP contribution in [0.5, 0.6) is 0 Å². The second-order valence-corrected chi connectivity index (χ2v) is 12.6. The Hall–Kier alpha value is -4.07. The van der Waals surface area contributed by atoms with Crippen LogP contribution in [-0.4, -0.2) is 54.2 Å². The maximum absolute atomic E-state index is 13.9. The molecule has 43 heavy (non-hydrogen) atoms. The number of anilines is 1. The highest BCUT2D eigenvalue weighted by Gasteiger charge is 2.40. The topological polar surface area (TPSA) is 131 Å². The number of rotatable bonds is 9. The van der Waals surface area contributed by atoms with E-state index in [1.165, 1.54) is 25.3 Å². The number of carbonyl (C=O) groups is 2. The van der Waals surface area contributed by atoms with E-state index >= 15 is 0 Å². The summed E-state index contributed by atoms with van der Waals surface area (Å²) in [5.41, 5.74) is 0.276. The fraction of sp³-hybridized carbons (Fsp3) is 0.414. The van der Waals surface area contributed by atoms with Crippen molar-refractivity contribution in [3.63, 3.8) is 0 Å². The summed E-state index contributed by atoms with van der Waals surface area (Å²) in [5, 5.41) is 2.80. The average molecular weight is 620 g/mol. The highest BCUT2D eigenvalue weighted by molar-refractivity contribution is 7.91. The number of amides is 1. The van der Waals surface area contributed by atoms with Gasteiger partial charge in [0, 0.05) is 25.5 Å². The summed E-state index contributed by atoms with van der Waals surface area (Å²) in [5.74, 6) is -1.84. The maximum Gasteiger partial charge on any atom is 0.434 e. The van der Waals surface area contributed by atoms with E-state index in [2.05, 4.69) is 20.3 Å². The smallest absolute Gasteiger partial charge is 0.434 e. The molecule has 0 aliphatic carbocycles. The van der Waals surface area contributed by atoms with Crippen LogP contribution in [0.25, 0.3) is 0 Å². The molecule has 1 unspecified atom stereocenters. The lowest BCUT2D eigenvalue weighted by molar-refractivity contribution is -0.141. The van der Waals surface area contributed by atoms with Gasteiger partial charge < -0.3 is 15.0 Å². The Kier molecular flexibility index (Phi) is 9.38. The van der Waals surface area contributed by atoms with E-state index in [1.54, 1.807) is 30.0 Å². The van der Waals surface area contributed by atoms with Crippen LogP contribution in [0.3, 0.4) is 0 Å². The van der Waals surface area contributed by atoms with Crippen molar-refractivity contribution in [3.8, 4) is 0 Å². The SMILES string of the molecule is CCOC(=O)c1cnc(N2CCc3cc(C(=O)NCc4ccc(S(=O)(=O)CC)cc4)cnc3C2C(C)C)nc1C(F)(F)F. The van der Waals surface area contributed by atoms with E-state index in [4.69, 9.17) is 4.74 Å². The molecular weight excluding hydrogens is 587 g/mol. The van der Waals surface area contributed by atoms with Gasteiger partial charge in [-0.25, -0.2) is 23.2 Å². The number of sulfone groups is 1. The van der Waals surface area contributed by atoms with Crippen molar-refractivity contribution in [3.05, 3.63) is 76.4 Å².